The van der Waals surface area contributed by atoms with Crippen molar-refractivity contribution in [2.45, 2.75) is 26.7 Å². The van der Waals surface area contributed by atoms with E-state index in [-0.39, 0.29) is 0 Å². The average Bonchev–Trinajstić information content (AvgIpc) is 2.55. The molecule has 0 amide bonds. The summed E-state index contributed by atoms with van der Waals surface area (Å²) in [7, 11) is 0. The number of nitrogens with zero attached hydrogens (tertiary/aromatic N) is 6. The molecule has 0 aliphatic carbocycles. The fourth-order valence-electron chi connectivity index (χ4n) is 2.58. The van der Waals surface area contributed by atoms with Crippen molar-refractivity contribution >= 4 is 11.8 Å². The van der Waals surface area contributed by atoms with E-state index in [1.54, 1.807) is 12.4 Å². The van der Waals surface area contributed by atoms with E-state index >= 15 is 0 Å². The van der Waals surface area contributed by atoms with Crippen LogP contribution >= 0.6 is 0 Å². The highest BCUT2D eigenvalue weighted by atomic mass is 15.3. The highest BCUT2D eigenvalue weighted by Crippen LogP contribution is 2.19. The lowest BCUT2D eigenvalue weighted by molar-refractivity contribution is 0.629. The Morgan fingerprint density at radius 2 is 1.59 bits per heavy atom. The molecule has 0 radical (unpaired) electrons. The van der Waals surface area contributed by atoms with E-state index in [4.69, 9.17) is 4.98 Å². The molecule has 0 unspecified atom stereocenters. The molecule has 22 heavy (non-hydrogen) atoms. The Hall–Kier alpha value is -2.24. The van der Waals surface area contributed by atoms with Crippen molar-refractivity contribution in [3.05, 3.63) is 36.0 Å². The normalized spacial score (nSPS) is 15.5. The van der Waals surface area contributed by atoms with E-state index in [9.17, 15) is 0 Å². The van der Waals surface area contributed by atoms with Crippen LogP contribution in [0.3, 0.4) is 0 Å². The van der Waals surface area contributed by atoms with Gasteiger partial charge in [-0.15, -0.1) is 0 Å². The number of aromatic nitrogens is 4. The molecule has 0 saturated carbocycles. The monoisotopic (exact) mass is 298 g/mol. The lowest BCUT2D eigenvalue weighted by Gasteiger charge is -2.35. The number of rotatable bonds is 3. The van der Waals surface area contributed by atoms with Gasteiger partial charge in [-0.3, -0.25) is 0 Å². The first-order chi connectivity index (χ1) is 10.6. The Labute approximate surface area is 131 Å². The molecule has 0 N–H and O–H groups in total. The van der Waals surface area contributed by atoms with Crippen LogP contribution in [0.15, 0.2) is 24.5 Å². The average molecular weight is 298 g/mol. The van der Waals surface area contributed by atoms with E-state index in [2.05, 4.69) is 44.7 Å². The maximum Gasteiger partial charge on any atom is 0.225 e. The number of piperazine rings is 1. The van der Waals surface area contributed by atoms with Crippen molar-refractivity contribution in [2.75, 3.05) is 36.0 Å². The van der Waals surface area contributed by atoms with Crippen LogP contribution in [0.2, 0.25) is 0 Å². The van der Waals surface area contributed by atoms with Crippen molar-refractivity contribution in [3.8, 4) is 0 Å². The Balaban J connectivity index is 1.71. The predicted octanol–water partition coefficient (Wildman–Crippen LogP) is 2.03. The smallest absolute Gasteiger partial charge is 0.225 e. The molecule has 1 aliphatic heterocycles. The first-order valence-electron chi connectivity index (χ1n) is 7.76. The van der Waals surface area contributed by atoms with E-state index in [0.717, 1.165) is 49.5 Å². The zero-order valence-electron chi connectivity index (χ0n) is 13.4. The molecular weight excluding hydrogens is 276 g/mol. The zero-order valence-corrected chi connectivity index (χ0v) is 13.4. The summed E-state index contributed by atoms with van der Waals surface area (Å²) in [6.07, 6.45) is 3.58. The third kappa shape index (κ3) is 3.16. The standard InChI is InChI=1S/C16H22N6/c1-12(2)15-19-13(3)11-14(20-15)21-7-9-22(10-8-21)16-17-5-4-6-18-16/h4-6,11-12H,7-10H2,1-3H3. The van der Waals surface area contributed by atoms with Crippen LogP contribution in [0.4, 0.5) is 11.8 Å². The molecule has 0 atom stereocenters. The predicted molar refractivity (Wildman–Crippen MR) is 87.3 cm³/mol. The second-order valence-electron chi connectivity index (χ2n) is 5.90. The molecule has 6 heteroatoms. The van der Waals surface area contributed by atoms with Gasteiger partial charge < -0.3 is 9.80 Å². The summed E-state index contributed by atoms with van der Waals surface area (Å²) in [5, 5.41) is 0. The lowest BCUT2D eigenvalue weighted by Crippen LogP contribution is -2.47. The molecule has 6 nitrogen and oxygen atoms in total. The third-order valence-electron chi connectivity index (χ3n) is 3.81. The van der Waals surface area contributed by atoms with Gasteiger partial charge in [0, 0.05) is 56.3 Å². The van der Waals surface area contributed by atoms with Crippen LogP contribution in [-0.4, -0.2) is 46.1 Å². The Morgan fingerprint density at radius 3 is 2.23 bits per heavy atom. The summed E-state index contributed by atoms with van der Waals surface area (Å²) in [5.74, 6) is 3.11. The van der Waals surface area contributed by atoms with Crippen LogP contribution < -0.4 is 9.80 Å². The van der Waals surface area contributed by atoms with E-state index in [1.165, 1.54) is 0 Å². The fraction of sp³-hybridized carbons (Fsp3) is 0.500. The van der Waals surface area contributed by atoms with Crippen molar-refractivity contribution in [1.82, 2.24) is 19.9 Å². The van der Waals surface area contributed by atoms with Crippen molar-refractivity contribution in [3.63, 3.8) is 0 Å². The van der Waals surface area contributed by atoms with Crippen LogP contribution in [0.1, 0.15) is 31.3 Å². The second-order valence-corrected chi connectivity index (χ2v) is 5.90. The Bertz CT molecular complexity index is 620. The molecule has 1 saturated heterocycles. The molecule has 0 bridgehead atoms. The molecule has 3 heterocycles. The zero-order chi connectivity index (χ0) is 15.5. The molecule has 2 aromatic rings. The minimum absolute atomic E-state index is 0.345. The summed E-state index contributed by atoms with van der Waals surface area (Å²) in [6, 6.07) is 3.91. The highest BCUT2D eigenvalue weighted by Gasteiger charge is 2.20. The van der Waals surface area contributed by atoms with E-state index < -0.39 is 0 Å². The molecule has 2 aromatic heterocycles. The molecule has 1 fully saturated rings. The summed E-state index contributed by atoms with van der Waals surface area (Å²) in [5.41, 5.74) is 1.03. The SMILES string of the molecule is Cc1cc(N2CCN(c3ncccn3)CC2)nc(C(C)C)n1. The van der Waals surface area contributed by atoms with Crippen LogP contribution in [-0.2, 0) is 0 Å². The largest absolute Gasteiger partial charge is 0.353 e. The quantitative estimate of drug-likeness (QED) is 0.864. The molecule has 0 aromatic carbocycles. The fourth-order valence-corrected chi connectivity index (χ4v) is 2.58. The third-order valence-corrected chi connectivity index (χ3v) is 3.81. The van der Waals surface area contributed by atoms with Gasteiger partial charge >= 0.3 is 0 Å². The summed E-state index contributed by atoms with van der Waals surface area (Å²) in [4.78, 5) is 22.4. The lowest BCUT2D eigenvalue weighted by atomic mass is 10.2. The second kappa shape index (κ2) is 6.25. The number of hydrogen-bond donors (Lipinski definition) is 0. The highest BCUT2D eigenvalue weighted by molar-refractivity contribution is 5.43. The van der Waals surface area contributed by atoms with Gasteiger partial charge in [-0.25, -0.2) is 19.9 Å². The van der Waals surface area contributed by atoms with Crippen molar-refractivity contribution in [1.29, 1.82) is 0 Å². The summed E-state index contributed by atoms with van der Waals surface area (Å²) >= 11 is 0. The van der Waals surface area contributed by atoms with Crippen LogP contribution in [0.25, 0.3) is 0 Å². The molecule has 3 rings (SSSR count). The Kier molecular flexibility index (Phi) is 4.18. The van der Waals surface area contributed by atoms with Crippen LogP contribution in [0, 0.1) is 6.92 Å². The molecule has 116 valence electrons. The van der Waals surface area contributed by atoms with Gasteiger partial charge in [0.25, 0.3) is 0 Å². The Morgan fingerprint density at radius 1 is 0.955 bits per heavy atom. The summed E-state index contributed by atoms with van der Waals surface area (Å²) in [6.45, 7) is 9.95. The topological polar surface area (TPSA) is 58.0 Å². The van der Waals surface area contributed by atoms with Gasteiger partial charge in [-0.05, 0) is 13.0 Å². The van der Waals surface area contributed by atoms with E-state index in [0.29, 0.717) is 5.92 Å². The van der Waals surface area contributed by atoms with Crippen LogP contribution in [0.5, 0.6) is 0 Å². The van der Waals surface area contributed by atoms with Gasteiger partial charge in [0.05, 0.1) is 0 Å². The van der Waals surface area contributed by atoms with Crippen molar-refractivity contribution < 1.29 is 0 Å². The van der Waals surface area contributed by atoms with Gasteiger partial charge in [0.2, 0.25) is 5.95 Å². The minimum atomic E-state index is 0.345. The number of aryl methyl sites for hydroxylation is 1. The maximum absolute atomic E-state index is 4.72. The van der Waals surface area contributed by atoms with Gasteiger partial charge in [-0.2, -0.15) is 0 Å². The number of hydrogen-bond acceptors (Lipinski definition) is 6. The first-order valence-corrected chi connectivity index (χ1v) is 7.76. The van der Waals surface area contributed by atoms with Gasteiger partial charge in [-0.1, -0.05) is 13.8 Å². The van der Waals surface area contributed by atoms with Crippen molar-refractivity contribution in [2.24, 2.45) is 0 Å². The maximum atomic E-state index is 4.72. The van der Waals surface area contributed by atoms with E-state index in [1.807, 2.05) is 13.0 Å². The number of anilines is 2. The van der Waals surface area contributed by atoms with Gasteiger partial charge in [0.15, 0.2) is 0 Å². The first kappa shape index (κ1) is 14.7. The molecular formula is C16H22N6. The molecule has 0 spiro atoms. The molecule has 1 aliphatic rings. The van der Waals surface area contributed by atoms with Gasteiger partial charge in [0.1, 0.15) is 11.6 Å². The summed E-state index contributed by atoms with van der Waals surface area (Å²) < 4.78 is 0. The minimum Gasteiger partial charge on any atom is -0.353 e.